The largest absolute Gasteiger partial charge is 0.454 e. The van der Waals surface area contributed by atoms with E-state index in [0.717, 1.165) is 5.56 Å². The summed E-state index contributed by atoms with van der Waals surface area (Å²) in [6.45, 7) is 4.62. The van der Waals surface area contributed by atoms with Crippen molar-refractivity contribution in [2.24, 2.45) is 0 Å². The Morgan fingerprint density at radius 3 is 2.68 bits per heavy atom. The van der Waals surface area contributed by atoms with Crippen molar-refractivity contribution in [3.63, 3.8) is 0 Å². The quantitative estimate of drug-likeness (QED) is 0.927. The fourth-order valence-corrected chi connectivity index (χ4v) is 2.85. The van der Waals surface area contributed by atoms with Gasteiger partial charge in [-0.15, -0.1) is 0 Å². The standard InChI is InChI=1S/C19H22N2O4/c1-13-12-24-18(15-6-4-3-5-7-15)11-21(13)19(23)17-9-8-16(25-17)10-20-14(2)22/h3-9,13,18H,10-12H2,1-2H3,(H,20,22)/t13-,18-/m1/s1. The van der Waals surface area contributed by atoms with Gasteiger partial charge in [0.15, 0.2) is 5.76 Å². The monoisotopic (exact) mass is 342 g/mol. The van der Waals surface area contributed by atoms with Gasteiger partial charge in [0.25, 0.3) is 5.91 Å². The minimum atomic E-state index is -0.161. The van der Waals surface area contributed by atoms with Crippen molar-refractivity contribution in [3.05, 3.63) is 59.5 Å². The molecule has 0 unspecified atom stereocenters. The summed E-state index contributed by atoms with van der Waals surface area (Å²) >= 11 is 0. The van der Waals surface area contributed by atoms with Crippen LogP contribution in [0, 0.1) is 0 Å². The molecule has 0 radical (unpaired) electrons. The van der Waals surface area contributed by atoms with E-state index in [4.69, 9.17) is 9.15 Å². The molecule has 132 valence electrons. The third kappa shape index (κ3) is 4.09. The normalized spacial score (nSPS) is 20.3. The zero-order chi connectivity index (χ0) is 17.8. The molecular weight excluding hydrogens is 320 g/mol. The van der Waals surface area contributed by atoms with Crippen LogP contribution >= 0.6 is 0 Å². The summed E-state index contributed by atoms with van der Waals surface area (Å²) in [5.41, 5.74) is 1.05. The molecule has 6 nitrogen and oxygen atoms in total. The molecule has 2 aromatic rings. The van der Waals surface area contributed by atoms with Crippen molar-refractivity contribution < 1.29 is 18.7 Å². The van der Waals surface area contributed by atoms with Crippen LogP contribution in [0.3, 0.4) is 0 Å². The molecule has 6 heteroatoms. The fraction of sp³-hybridized carbons (Fsp3) is 0.368. The van der Waals surface area contributed by atoms with Crippen molar-refractivity contribution in [2.75, 3.05) is 13.2 Å². The van der Waals surface area contributed by atoms with Crippen LogP contribution in [0.4, 0.5) is 0 Å². The molecule has 3 rings (SSSR count). The van der Waals surface area contributed by atoms with E-state index in [1.165, 1.54) is 6.92 Å². The van der Waals surface area contributed by atoms with E-state index in [-0.39, 0.29) is 36.3 Å². The molecular formula is C19H22N2O4. The molecule has 1 saturated heterocycles. The van der Waals surface area contributed by atoms with Gasteiger partial charge in [-0.2, -0.15) is 0 Å². The van der Waals surface area contributed by atoms with Crippen molar-refractivity contribution in [1.29, 1.82) is 0 Å². The number of benzene rings is 1. The number of ether oxygens (including phenoxy) is 1. The van der Waals surface area contributed by atoms with Gasteiger partial charge in [-0.05, 0) is 24.6 Å². The molecule has 1 aromatic heterocycles. The molecule has 0 spiro atoms. The van der Waals surface area contributed by atoms with Gasteiger partial charge in [-0.25, -0.2) is 0 Å². The predicted molar refractivity (Wildman–Crippen MR) is 91.9 cm³/mol. The van der Waals surface area contributed by atoms with E-state index in [2.05, 4.69) is 5.32 Å². The van der Waals surface area contributed by atoms with Gasteiger partial charge >= 0.3 is 0 Å². The molecule has 1 aliphatic rings. The zero-order valence-corrected chi connectivity index (χ0v) is 14.4. The summed E-state index contributed by atoms with van der Waals surface area (Å²) in [5.74, 6) is 0.530. The van der Waals surface area contributed by atoms with Crippen LogP contribution in [0.25, 0.3) is 0 Å². The van der Waals surface area contributed by atoms with Gasteiger partial charge in [0.05, 0.1) is 25.7 Å². The Morgan fingerprint density at radius 2 is 1.96 bits per heavy atom. The number of furan rings is 1. The van der Waals surface area contributed by atoms with Crippen LogP contribution in [0.5, 0.6) is 0 Å². The van der Waals surface area contributed by atoms with E-state index in [0.29, 0.717) is 18.9 Å². The molecule has 1 aliphatic heterocycles. The summed E-state index contributed by atoms with van der Waals surface area (Å²) in [5, 5.41) is 2.65. The molecule has 2 amide bonds. The van der Waals surface area contributed by atoms with E-state index < -0.39 is 0 Å². The number of hydrogen-bond donors (Lipinski definition) is 1. The first kappa shape index (κ1) is 17.2. The van der Waals surface area contributed by atoms with E-state index in [1.807, 2.05) is 37.3 Å². The molecule has 25 heavy (non-hydrogen) atoms. The average molecular weight is 342 g/mol. The van der Waals surface area contributed by atoms with Crippen LogP contribution in [0.2, 0.25) is 0 Å². The van der Waals surface area contributed by atoms with Crippen LogP contribution in [0.15, 0.2) is 46.9 Å². The number of nitrogens with one attached hydrogen (secondary N) is 1. The highest BCUT2D eigenvalue weighted by Crippen LogP contribution is 2.26. The van der Waals surface area contributed by atoms with Gasteiger partial charge in [0.1, 0.15) is 11.9 Å². The lowest BCUT2D eigenvalue weighted by molar-refractivity contribution is -0.119. The first-order valence-electron chi connectivity index (χ1n) is 8.35. The zero-order valence-electron chi connectivity index (χ0n) is 14.4. The van der Waals surface area contributed by atoms with Crippen molar-refractivity contribution in [2.45, 2.75) is 32.5 Å². The fourth-order valence-electron chi connectivity index (χ4n) is 2.85. The maximum atomic E-state index is 12.8. The van der Waals surface area contributed by atoms with Crippen LogP contribution in [0.1, 0.15) is 41.8 Å². The maximum absolute atomic E-state index is 12.8. The predicted octanol–water partition coefficient (Wildman–Crippen LogP) is 2.52. The molecule has 1 fully saturated rings. The Labute approximate surface area is 146 Å². The first-order valence-corrected chi connectivity index (χ1v) is 8.35. The SMILES string of the molecule is CC(=O)NCc1ccc(C(=O)N2C[C@H](c3ccccc3)OC[C@H]2C)o1. The third-order valence-corrected chi connectivity index (χ3v) is 4.25. The molecule has 2 heterocycles. The van der Waals surface area contributed by atoms with Crippen LogP contribution in [-0.2, 0) is 16.1 Å². The van der Waals surface area contributed by atoms with Gasteiger partial charge in [-0.1, -0.05) is 30.3 Å². The summed E-state index contributed by atoms with van der Waals surface area (Å²) in [7, 11) is 0. The van der Waals surface area contributed by atoms with Crippen molar-refractivity contribution in [3.8, 4) is 0 Å². The second-order valence-electron chi connectivity index (χ2n) is 6.21. The van der Waals surface area contributed by atoms with Crippen LogP contribution in [-0.4, -0.2) is 35.9 Å². The van der Waals surface area contributed by atoms with Gasteiger partial charge in [-0.3, -0.25) is 9.59 Å². The first-order chi connectivity index (χ1) is 12.0. The minimum absolute atomic E-state index is 0.0312. The molecule has 1 aromatic carbocycles. The molecule has 0 aliphatic carbocycles. The number of morpholine rings is 1. The molecule has 2 atom stereocenters. The maximum Gasteiger partial charge on any atom is 0.289 e. The Hall–Kier alpha value is -2.60. The lowest BCUT2D eigenvalue weighted by Crippen LogP contribution is -2.48. The van der Waals surface area contributed by atoms with Crippen LogP contribution < -0.4 is 5.32 Å². The summed E-state index contributed by atoms with van der Waals surface area (Å²) < 4.78 is 11.5. The summed E-state index contributed by atoms with van der Waals surface area (Å²) in [6.07, 6.45) is -0.143. The minimum Gasteiger partial charge on any atom is -0.454 e. The Bertz CT molecular complexity index is 741. The number of amides is 2. The number of hydrogen-bond acceptors (Lipinski definition) is 4. The second kappa shape index (κ2) is 7.53. The van der Waals surface area contributed by atoms with Gasteiger partial charge in [0, 0.05) is 6.92 Å². The Balaban J connectivity index is 1.70. The average Bonchev–Trinajstić information content (AvgIpc) is 3.09. The van der Waals surface area contributed by atoms with Crippen molar-refractivity contribution in [1.82, 2.24) is 10.2 Å². The lowest BCUT2D eigenvalue weighted by Gasteiger charge is -2.37. The van der Waals surface area contributed by atoms with E-state index in [9.17, 15) is 9.59 Å². The molecule has 0 bridgehead atoms. The summed E-state index contributed by atoms with van der Waals surface area (Å²) in [6, 6.07) is 13.2. The smallest absolute Gasteiger partial charge is 0.289 e. The number of carbonyl (C=O) groups excluding carboxylic acids is 2. The lowest BCUT2D eigenvalue weighted by atomic mass is 10.1. The van der Waals surface area contributed by atoms with E-state index >= 15 is 0 Å². The second-order valence-corrected chi connectivity index (χ2v) is 6.21. The van der Waals surface area contributed by atoms with Gasteiger partial charge in [0.2, 0.25) is 5.91 Å². The number of rotatable bonds is 4. The highest BCUT2D eigenvalue weighted by atomic mass is 16.5. The summed E-state index contributed by atoms with van der Waals surface area (Å²) in [4.78, 5) is 25.6. The van der Waals surface area contributed by atoms with E-state index in [1.54, 1.807) is 17.0 Å². The van der Waals surface area contributed by atoms with Crippen molar-refractivity contribution >= 4 is 11.8 Å². The highest BCUT2D eigenvalue weighted by molar-refractivity contribution is 5.91. The molecule has 1 N–H and O–H groups in total. The third-order valence-electron chi connectivity index (χ3n) is 4.25. The topological polar surface area (TPSA) is 71.8 Å². The highest BCUT2D eigenvalue weighted by Gasteiger charge is 2.32. The van der Waals surface area contributed by atoms with Gasteiger partial charge < -0.3 is 19.4 Å². The molecule has 0 saturated carbocycles. The Kier molecular flexibility index (Phi) is 5.19. The number of nitrogens with zero attached hydrogens (tertiary/aromatic N) is 1. The Morgan fingerprint density at radius 1 is 1.20 bits per heavy atom. The number of carbonyl (C=O) groups is 2.